The third-order valence-corrected chi connectivity index (χ3v) is 1.18. The quantitative estimate of drug-likeness (QED) is 0.496. The van der Waals surface area contributed by atoms with Gasteiger partial charge in [0.25, 0.3) is 0 Å². The second-order valence-corrected chi connectivity index (χ2v) is 2.26. The Morgan fingerprint density at radius 1 is 1.50 bits per heavy atom. The average Bonchev–Trinajstić information content (AvgIpc) is 1.64. The Morgan fingerprint density at radius 2 is 2.25 bits per heavy atom. The third-order valence-electron chi connectivity index (χ3n) is 1.18. The summed E-state index contributed by atoms with van der Waals surface area (Å²) in [6.07, 6.45) is 4.23. The van der Waals surface area contributed by atoms with Crippen LogP contribution >= 0.6 is 0 Å². The van der Waals surface area contributed by atoms with E-state index in [2.05, 4.69) is 25.2 Å². The number of nitrogens with one attached hydrogen (secondary N) is 1. The van der Waals surface area contributed by atoms with Gasteiger partial charge in [-0.15, -0.1) is 0 Å². The van der Waals surface area contributed by atoms with Crippen LogP contribution in [0, 0.1) is 0 Å². The predicted molar refractivity (Wildman–Crippen MR) is 35.5 cm³/mol. The first-order valence-electron chi connectivity index (χ1n) is 2.86. The number of allylic oxidation sites excluding steroid dienone is 2. The number of rotatable bonds is 0. The van der Waals surface area contributed by atoms with E-state index >= 15 is 0 Å². The minimum Gasteiger partial charge on any atom is -0.387 e. The first-order valence-corrected chi connectivity index (χ1v) is 2.86. The van der Waals surface area contributed by atoms with Crippen LogP contribution in [-0.4, -0.2) is 6.54 Å². The second-order valence-electron chi connectivity index (χ2n) is 2.26. The lowest BCUT2D eigenvalue weighted by Crippen LogP contribution is -2.12. The fourth-order valence-corrected chi connectivity index (χ4v) is 0.854. The van der Waals surface area contributed by atoms with Crippen molar-refractivity contribution in [2.75, 3.05) is 6.54 Å². The molecule has 0 aromatic carbocycles. The lowest BCUT2D eigenvalue weighted by molar-refractivity contribution is 0.905. The van der Waals surface area contributed by atoms with Crippen molar-refractivity contribution < 1.29 is 0 Å². The molecule has 1 nitrogen and oxygen atoms in total. The molecule has 0 spiro atoms. The van der Waals surface area contributed by atoms with E-state index in [4.69, 9.17) is 0 Å². The average molecular weight is 109 g/mol. The lowest BCUT2D eigenvalue weighted by Gasteiger charge is -2.07. The molecule has 0 unspecified atom stereocenters. The van der Waals surface area contributed by atoms with Gasteiger partial charge in [-0.3, -0.25) is 0 Å². The molecule has 1 aliphatic heterocycles. The molecule has 0 aliphatic carbocycles. The Labute approximate surface area is 50.1 Å². The molecule has 0 aromatic rings. The van der Waals surface area contributed by atoms with E-state index in [9.17, 15) is 0 Å². The SMILES string of the molecule is CC1=CNCC(C)=C1. The maximum Gasteiger partial charge on any atom is 0.0355 e. The maximum absolute atomic E-state index is 3.15. The smallest absolute Gasteiger partial charge is 0.0355 e. The molecule has 0 aromatic heterocycles. The zero-order chi connectivity index (χ0) is 5.98. The van der Waals surface area contributed by atoms with E-state index in [1.54, 1.807) is 0 Å². The van der Waals surface area contributed by atoms with Crippen LogP contribution < -0.4 is 5.32 Å². The first kappa shape index (κ1) is 5.42. The summed E-state index contributed by atoms with van der Waals surface area (Å²) >= 11 is 0. The van der Waals surface area contributed by atoms with Gasteiger partial charge < -0.3 is 5.32 Å². The monoisotopic (exact) mass is 109 g/mol. The van der Waals surface area contributed by atoms with Crippen molar-refractivity contribution in [1.82, 2.24) is 5.32 Å². The van der Waals surface area contributed by atoms with Crippen molar-refractivity contribution >= 4 is 0 Å². The summed E-state index contributed by atoms with van der Waals surface area (Å²) in [6, 6.07) is 0. The lowest BCUT2D eigenvalue weighted by atomic mass is 10.1. The molecule has 0 fully saturated rings. The Kier molecular flexibility index (Phi) is 1.38. The van der Waals surface area contributed by atoms with Crippen molar-refractivity contribution in [2.24, 2.45) is 0 Å². The van der Waals surface area contributed by atoms with Crippen molar-refractivity contribution in [3.05, 3.63) is 23.4 Å². The fourth-order valence-electron chi connectivity index (χ4n) is 0.854. The summed E-state index contributed by atoms with van der Waals surface area (Å²) in [7, 11) is 0. The van der Waals surface area contributed by atoms with Gasteiger partial charge in [-0.2, -0.15) is 0 Å². The molecule has 1 rings (SSSR count). The van der Waals surface area contributed by atoms with Crippen LogP contribution in [0.1, 0.15) is 13.8 Å². The molecule has 1 heterocycles. The predicted octanol–water partition coefficient (Wildman–Crippen LogP) is 1.44. The molecule has 0 radical (unpaired) electrons. The molecule has 8 heavy (non-hydrogen) atoms. The molecule has 0 saturated heterocycles. The molecule has 44 valence electrons. The highest BCUT2D eigenvalue weighted by Crippen LogP contribution is 2.03. The van der Waals surface area contributed by atoms with Crippen molar-refractivity contribution in [1.29, 1.82) is 0 Å². The maximum atomic E-state index is 3.15. The van der Waals surface area contributed by atoms with E-state index in [0.717, 1.165) is 6.54 Å². The van der Waals surface area contributed by atoms with E-state index in [1.807, 2.05) is 6.20 Å². The van der Waals surface area contributed by atoms with Crippen molar-refractivity contribution in [2.45, 2.75) is 13.8 Å². The summed E-state index contributed by atoms with van der Waals surface area (Å²) in [5, 5.41) is 3.15. The molecular weight excluding hydrogens is 98.1 g/mol. The van der Waals surface area contributed by atoms with Gasteiger partial charge in [0.15, 0.2) is 0 Å². The number of dihydropyridines is 1. The van der Waals surface area contributed by atoms with E-state index in [-0.39, 0.29) is 0 Å². The van der Waals surface area contributed by atoms with Gasteiger partial charge in [0.05, 0.1) is 0 Å². The van der Waals surface area contributed by atoms with Crippen LogP contribution in [-0.2, 0) is 0 Å². The minimum atomic E-state index is 1.01. The van der Waals surface area contributed by atoms with Gasteiger partial charge >= 0.3 is 0 Å². The Morgan fingerprint density at radius 3 is 2.62 bits per heavy atom. The summed E-state index contributed by atoms with van der Waals surface area (Å²) in [5.74, 6) is 0. The minimum absolute atomic E-state index is 1.01. The van der Waals surface area contributed by atoms with E-state index in [1.165, 1.54) is 11.1 Å². The van der Waals surface area contributed by atoms with Gasteiger partial charge in [0.1, 0.15) is 0 Å². The number of hydrogen-bond acceptors (Lipinski definition) is 1. The van der Waals surface area contributed by atoms with Crippen LogP contribution in [0.5, 0.6) is 0 Å². The van der Waals surface area contributed by atoms with Gasteiger partial charge in [-0.25, -0.2) is 0 Å². The topological polar surface area (TPSA) is 12.0 Å². The van der Waals surface area contributed by atoms with Crippen molar-refractivity contribution in [3.63, 3.8) is 0 Å². The molecule has 0 bridgehead atoms. The fraction of sp³-hybridized carbons (Fsp3) is 0.429. The zero-order valence-corrected chi connectivity index (χ0v) is 5.36. The zero-order valence-electron chi connectivity index (χ0n) is 5.36. The van der Waals surface area contributed by atoms with Crippen LogP contribution in [0.2, 0.25) is 0 Å². The third kappa shape index (κ3) is 1.12. The summed E-state index contributed by atoms with van der Waals surface area (Å²) in [5.41, 5.74) is 2.72. The standard InChI is InChI=1S/C7H11N/c1-6-3-7(2)5-8-4-6/h3-4,8H,5H2,1-2H3. The van der Waals surface area contributed by atoms with Crippen LogP contribution in [0.15, 0.2) is 23.4 Å². The van der Waals surface area contributed by atoms with Gasteiger partial charge in [-0.05, 0) is 25.6 Å². The summed E-state index contributed by atoms with van der Waals surface area (Å²) < 4.78 is 0. The molecule has 1 heteroatoms. The van der Waals surface area contributed by atoms with Crippen molar-refractivity contribution in [3.8, 4) is 0 Å². The second kappa shape index (κ2) is 2.03. The molecule has 0 saturated carbocycles. The van der Waals surface area contributed by atoms with Crippen LogP contribution in [0.4, 0.5) is 0 Å². The van der Waals surface area contributed by atoms with E-state index < -0.39 is 0 Å². The molecule has 1 aliphatic rings. The van der Waals surface area contributed by atoms with E-state index in [0.29, 0.717) is 0 Å². The van der Waals surface area contributed by atoms with Crippen LogP contribution in [0.25, 0.3) is 0 Å². The highest BCUT2D eigenvalue weighted by atomic mass is 14.8. The summed E-state index contributed by atoms with van der Waals surface area (Å²) in [6.45, 7) is 5.23. The normalized spacial score (nSPS) is 18.8. The Balaban J connectivity index is 2.69. The molecule has 0 atom stereocenters. The van der Waals surface area contributed by atoms with Crippen LogP contribution in [0.3, 0.4) is 0 Å². The molecule has 0 amide bonds. The highest BCUT2D eigenvalue weighted by molar-refractivity contribution is 5.24. The Bertz CT molecular complexity index is 142. The molecular formula is C7H11N. The largest absolute Gasteiger partial charge is 0.387 e. The molecule has 1 N–H and O–H groups in total. The van der Waals surface area contributed by atoms with Gasteiger partial charge in [-0.1, -0.05) is 11.6 Å². The van der Waals surface area contributed by atoms with Gasteiger partial charge in [0.2, 0.25) is 0 Å². The first-order chi connectivity index (χ1) is 3.79. The van der Waals surface area contributed by atoms with Gasteiger partial charge in [0, 0.05) is 6.54 Å². The highest BCUT2D eigenvalue weighted by Gasteiger charge is 1.93. The summed E-state index contributed by atoms with van der Waals surface area (Å²) in [4.78, 5) is 0. The Hall–Kier alpha value is -0.720. The number of hydrogen-bond donors (Lipinski definition) is 1.